The molecule has 0 atom stereocenters. The molecule has 0 bridgehead atoms. The number of fused-ring (bicyclic) bond motifs is 1. The normalized spacial score (nSPS) is 13.8. The van der Waals surface area contributed by atoms with Gasteiger partial charge in [0, 0.05) is 23.6 Å². The maximum atomic E-state index is 4.42. The smallest absolute Gasteiger partial charge is 0.134 e. The molecule has 0 spiro atoms. The second-order valence-electron chi connectivity index (χ2n) is 3.21. The van der Waals surface area contributed by atoms with Crippen LogP contribution in [-0.4, -0.2) is 16.5 Å². The fourth-order valence-corrected chi connectivity index (χ4v) is 2.53. The number of nitrogens with zero attached hydrogens (tertiary/aromatic N) is 2. The summed E-state index contributed by atoms with van der Waals surface area (Å²) in [6, 6.07) is 0. The lowest BCUT2D eigenvalue weighted by molar-refractivity contribution is 0.983. The summed E-state index contributed by atoms with van der Waals surface area (Å²) in [6.07, 6.45) is 1.84. The fourth-order valence-electron chi connectivity index (χ4n) is 1.49. The monoisotopic (exact) mass is 207 g/mol. The predicted molar refractivity (Wildman–Crippen MR) is 60.5 cm³/mol. The van der Waals surface area contributed by atoms with Gasteiger partial charge in [-0.25, -0.2) is 9.97 Å². The predicted octanol–water partition coefficient (Wildman–Crippen LogP) is 2.13. The molecule has 74 valence electrons. The Kier molecular flexibility index (Phi) is 2.72. The van der Waals surface area contributed by atoms with Gasteiger partial charge in [-0.05, 0) is 6.92 Å². The van der Waals surface area contributed by atoms with Crippen molar-refractivity contribution in [3.05, 3.63) is 29.7 Å². The highest BCUT2D eigenvalue weighted by molar-refractivity contribution is 7.98. The Labute approximate surface area is 88.0 Å². The molecule has 2 rings (SSSR count). The average Bonchev–Trinajstić information content (AvgIpc) is 2.61. The van der Waals surface area contributed by atoms with Gasteiger partial charge < -0.3 is 5.32 Å². The van der Waals surface area contributed by atoms with E-state index in [1.807, 2.05) is 24.8 Å². The number of thioether (sulfide) groups is 1. The van der Waals surface area contributed by atoms with Gasteiger partial charge in [0.25, 0.3) is 0 Å². The molecule has 0 unspecified atom stereocenters. The van der Waals surface area contributed by atoms with Crippen LogP contribution in [0.3, 0.4) is 0 Å². The Morgan fingerprint density at radius 1 is 1.50 bits per heavy atom. The summed E-state index contributed by atoms with van der Waals surface area (Å²) in [4.78, 5) is 8.82. The Hall–Kier alpha value is -1.03. The first kappa shape index (κ1) is 9.52. The van der Waals surface area contributed by atoms with Crippen molar-refractivity contribution in [1.29, 1.82) is 0 Å². The summed E-state index contributed by atoms with van der Waals surface area (Å²) in [5.41, 5.74) is 2.46. The highest BCUT2D eigenvalue weighted by Crippen LogP contribution is 2.32. The van der Waals surface area contributed by atoms with E-state index < -0.39 is 0 Å². The first-order chi connectivity index (χ1) is 6.81. The van der Waals surface area contributed by atoms with Crippen molar-refractivity contribution in [3.8, 4) is 0 Å². The van der Waals surface area contributed by atoms with E-state index in [0.717, 1.165) is 29.7 Å². The lowest BCUT2D eigenvalue weighted by Crippen LogP contribution is -2.07. The van der Waals surface area contributed by atoms with E-state index in [2.05, 4.69) is 21.9 Å². The van der Waals surface area contributed by atoms with Gasteiger partial charge in [0.1, 0.15) is 11.6 Å². The highest BCUT2D eigenvalue weighted by atomic mass is 32.2. The van der Waals surface area contributed by atoms with Gasteiger partial charge in [-0.15, -0.1) is 6.58 Å². The number of hydrogen-bond acceptors (Lipinski definition) is 4. The second-order valence-corrected chi connectivity index (χ2v) is 4.19. The summed E-state index contributed by atoms with van der Waals surface area (Å²) < 4.78 is 0. The van der Waals surface area contributed by atoms with Crippen molar-refractivity contribution in [2.45, 2.75) is 18.4 Å². The molecule has 1 aliphatic rings. The van der Waals surface area contributed by atoms with Gasteiger partial charge >= 0.3 is 0 Å². The maximum absolute atomic E-state index is 4.42. The molecule has 14 heavy (non-hydrogen) atoms. The first-order valence-corrected chi connectivity index (χ1v) is 5.75. The number of rotatable bonds is 3. The van der Waals surface area contributed by atoms with E-state index in [-0.39, 0.29) is 0 Å². The van der Waals surface area contributed by atoms with Crippen LogP contribution < -0.4 is 5.32 Å². The number of hydrogen-bond donors (Lipinski definition) is 1. The molecule has 1 aromatic heterocycles. The lowest BCUT2D eigenvalue weighted by atomic mass is 10.2. The summed E-state index contributed by atoms with van der Waals surface area (Å²) in [5.74, 6) is 3.87. The zero-order valence-electron chi connectivity index (χ0n) is 8.21. The fraction of sp³-hybridized carbons (Fsp3) is 0.400. The first-order valence-electron chi connectivity index (χ1n) is 4.60. The van der Waals surface area contributed by atoms with Gasteiger partial charge in [0.05, 0.1) is 5.69 Å². The molecular formula is C10H13N3S. The van der Waals surface area contributed by atoms with Gasteiger partial charge in [0.15, 0.2) is 0 Å². The Balaban J connectivity index is 2.33. The quantitative estimate of drug-likeness (QED) is 0.770. The van der Waals surface area contributed by atoms with Crippen LogP contribution in [0.15, 0.2) is 12.7 Å². The summed E-state index contributed by atoms with van der Waals surface area (Å²) in [6.45, 7) is 6.37. The Bertz CT molecular complexity index is 363. The minimum atomic E-state index is 0.758. The Morgan fingerprint density at radius 3 is 3.14 bits per heavy atom. The van der Waals surface area contributed by atoms with Crippen molar-refractivity contribution in [1.82, 2.24) is 9.97 Å². The molecule has 0 aromatic carbocycles. The number of aryl methyl sites for hydroxylation is 1. The molecule has 0 saturated heterocycles. The molecule has 0 saturated carbocycles. The molecule has 1 aliphatic heterocycles. The maximum Gasteiger partial charge on any atom is 0.134 e. The second kappa shape index (κ2) is 4.00. The van der Waals surface area contributed by atoms with Crippen molar-refractivity contribution in [3.63, 3.8) is 0 Å². The van der Waals surface area contributed by atoms with Crippen molar-refractivity contribution in [2.24, 2.45) is 0 Å². The van der Waals surface area contributed by atoms with Crippen LogP contribution in [0.2, 0.25) is 0 Å². The molecule has 1 N–H and O–H groups in total. The van der Waals surface area contributed by atoms with Gasteiger partial charge in [-0.1, -0.05) is 6.08 Å². The molecule has 0 amide bonds. The molecule has 4 heteroatoms. The number of aromatic nitrogens is 2. The molecule has 2 heterocycles. The summed E-state index contributed by atoms with van der Waals surface area (Å²) >= 11 is 1.89. The van der Waals surface area contributed by atoms with Gasteiger partial charge in [-0.3, -0.25) is 0 Å². The molecular weight excluding hydrogens is 194 g/mol. The van der Waals surface area contributed by atoms with E-state index in [1.54, 1.807) is 0 Å². The summed E-state index contributed by atoms with van der Waals surface area (Å²) in [5, 5.41) is 3.25. The topological polar surface area (TPSA) is 37.8 Å². The SMILES string of the molecule is C=CCNc1nc(C)nc2c1CSC2. The van der Waals surface area contributed by atoms with Gasteiger partial charge in [-0.2, -0.15) is 11.8 Å². The van der Waals surface area contributed by atoms with Crippen LogP contribution in [0.4, 0.5) is 5.82 Å². The number of nitrogens with one attached hydrogen (secondary N) is 1. The highest BCUT2D eigenvalue weighted by Gasteiger charge is 2.18. The van der Waals surface area contributed by atoms with E-state index in [9.17, 15) is 0 Å². The van der Waals surface area contributed by atoms with Gasteiger partial charge in [0.2, 0.25) is 0 Å². The number of anilines is 1. The minimum Gasteiger partial charge on any atom is -0.366 e. The van der Waals surface area contributed by atoms with Crippen LogP contribution in [0.1, 0.15) is 17.1 Å². The van der Waals surface area contributed by atoms with E-state index in [1.165, 1.54) is 11.3 Å². The molecule has 0 radical (unpaired) electrons. The van der Waals surface area contributed by atoms with Crippen LogP contribution in [-0.2, 0) is 11.5 Å². The van der Waals surface area contributed by atoms with Crippen molar-refractivity contribution < 1.29 is 0 Å². The summed E-state index contributed by atoms with van der Waals surface area (Å²) in [7, 11) is 0. The zero-order chi connectivity index (χ0) is 9.97. The largest absolute Gasteiger partial charge is 0.366 e. The van der Waals surface area contributed by atoms with E-state index >= 15 is 0 Å². The lowest BCUT2D eigenvalue weighted by Gasteiger charge is -2.08. The Morgan fingerprint density at radius 2 is 2.36 bits per heavy atom. The standard InChI is InChI=1S/C10H13N3S/c1-3-4-11-10-8-5-14-6-9(8)12-7(2)13-10/h3H,1,4-6H2,2H3,(H,11,12,13). The average molecular weight is 207 g/mol. The third-order valence-electron chi connectivity index (χ3n) is 2.10. The van der Waals surface area contributed by atoms with Crippen LogP contribution in [0.25, 0.3) is 0 Å². The molecule has 1 aromatic rings. The minimum absolute atomic E-state index is 0.758. The third kappa shape index (κ3) is 1.75. The van der Waals surface area contributed by atoms with Crippen molar-refractivity contribution in [2.75, 3.05) is 11.9 Å². The molecule has 0 fully saturated rings. The van der Waals surface area contributed by atoms with Crippen molar-refractivity contribution >= 4 is 17.6 Å². The molecule has 3 nitrogen and oxygen atoms in total. The van der Waals surface area contributed by atoms with E-state index in [4.69, 9.17) is 0 Å². The third-order valence-corrected chi connectivity index (χ3v) is 3.07. The zero-order valence-corrected chi connectivity index (χ0v) is 9.02. The van der Waals surface area contributed by atoms with Crippen LogP contribution in [0, 0.1) is 6.92 Å². The van der Waals surface area contributed by atoms with E-state index in [0.29, 0.717) is 0 Å². The molecule has 0 aliphatic carbocycles. The van der Waals surface area contributed by atoms with Crippen LogP contribution >= 0.6 is 11.8 Å². The van der Waals surface area contributed by atoms with Crippen LogP contribution in [0.5, 0.6) is 0 Å².